The molecule has 3 aromatic carbocycles. The van der Waals surface area contributed by atoms with E-state index in [9.17, 15) is 4.79 Å². The number of hydrogen-bond acceptors (Lipinski definition) is 5. The standard InChI is InChI=1S/C26H23NO4/c1-18-7-9-19(10-8-18)25-17-23(22-5-3-4-6-24(22)27-25)26(28)31-16-15-30-21-13-11-20(29-2)12-14-21/h3-14,17H,15-16H2,1-2H3. The molecule has 0 aliphatic carbocycles. The molecule has 0 amide bonds. The molecule has 0 spiro atoms. The van der Waals surface area contributed by atoms with Gasteiger partial charge in [-0.25, -0.2) is 9.78 Å². The van der Waals surface area contributed by atoms with Crippen LogP contribution in [0, 0.1) is 6.92 Å². The molecule has 31 heavy (non-hydrogen) atoms. The highest BCUT2D eigenvalue weighted by molar-refractivity contribution is 6.04. The first-order chi connectivity index (χ1) is 15.1. The zero-order chi connectivity index (χ0) is 21.6. The Morgan fingerprint density at radius 3 is 2.32 bits per heavy atom. The maximum Gasteiger partial charge on any atom is 0.339 e. The maximum absolute atomic E-state index is 12.9. The Morgan fingerprint density at radius 1 is 0.871 bits per heavy atom. The second-order valence-electron chi connectivity index (χ2n) is 7.10. The second-order valence-corrected chi connectivity index (χ2v) is 7.10. The first-order valence-corrected chi connectivity index (χ1v) is 10.0. The number of fused-ring (bicyclic) bond motifs is 1. The van der Waals surface area contributed by atoms with Gasteiger partial charge in [0.2, 0.25) is 0 Å². The lowest BCUT2D eigenvalue weighted by Crippen LogP contribution is -2.13. The van der Waals surface area contributed by atoms with Crippen molar-refractivity contribution in [3.8, 4) is 22.8 Å². The predicted molar refractivity (Wildman–Crippen MR) is 121 cm³/mol. The number of para-hydroxylation sites is 1. The number of carbonyl (C=O) groups excluding carboxylic acids is 1. The van der Waals surface area contributed by atoms with Gasteiger partial charge in [0.15, 0.2) is 0 Å². The summed E-state index contributed by atoms with van der Waals surface area (Å²) >= 11 is 0. The molecule has 0 atom stereocenters. The number of benzene rings is 3. The van der Waals surface area contributed by atoms with Crippen LogP contribution in [0.3, 0.4) is 0 Å². The minimum atomic E-state index is -0.398. The molecule has 0 saturated heterocycles. The molecular formula is C26H23NO4. The molecule has 0 unspecified atom stereocenters. The van der Waals surface area contributed by atoms with Crippen molar-refractivity contribution in [1.82, 2.24) is 4.98 Å². The van der Waals surface area contributed by atoms with Gasteiger partial charge in [-0.15, -0.1) is 0 Å². The fourth-order valence-electron chi connectivity index (χ4n) is 3.26. The van der Waals surface area contributed by atoms with E-state index in [0.717, 1.165) is 27.9 Å². The fourth-order valence-corrected chi connectivity index (χ4v) is 3.26. The number of aromatic nitrogens is 1. The third-order valence-electron chi connectivity index (χ3n) is 4.93. The fraction of sp³-hybridized carbons (Fsp3) is 0.154. The van der Waals surface area contributed by atoms with Crippen LogP contribution in [0.15, 0.2) is 78.9 Å². The van der Waals surface area contributed by atoms with Gasteiger partial charge in [0.25, 0.3) is 0 Å². The SMILES string of the molecule is COc1ccc(OCCOC(=O)c2cc(-c3ccc(C)cc3)nc3ccccc23)cc1. The lowest BCUT2D eigenvalue weighted by atomic mass is 10.0. The zero-order valence-electron chi connectivity index (χ0n) is 17.5. The van der Waals surface area contributed by atoms with Gasteiger partial charge >= 0.3 is 5.97 Å². The smallest absolute Gasteiger partial charge is 0.339 e. The highest BCUT2D eigenvalue weighted by Gasteiger charge is 2.15. The summed E-state index contributed by atoms with van der Waals surface area (Å²) in [7, 11) is 1.61. The first kappa shape index (κ1) is 20.4. The Kier molecular flexibility index (Phi) is 6.13. The highest BCUT2D eigenvalue weighted by Crippen LogP contribution is 2.26. The molecule has 5 heteroatoms. The van der Waals surface area contributed by atoms with Gasteiger partial charge < -0.3 is 14.2 Å². The normalized spacial score (nSPS) is 10.6. The monoisotopic (exact) mass is 413 g/mol. The molecule has 0 N–H and O–H groups in total. The van der Waals surface area contributed by atoms with Gasteiger partial charge in [0, 0.05) is 10.9 Å². The third kappa shape index (κ3) is 4.83. The number of methoxy groups -OCH3 is 1. The van der Waals surface area contributed by atoms with Crippen LogP contribution in [-0.4, -0.2) is 31.3 Å². The van der Waals surface area contributed by atoms with Crippen LogP contribution in [-0.2, 0) is 4.74 Å². The van der Waals surface area contributed by atoms with Crippen LogP contribution in [0.4, 0.5) is 0 Å². The first-order valence-electron chi connectivity index (χ1n) is 10.0. The third-order valence-corrected chi connectivity index (χ3v) is 4.93. The Morgan fingerprint density at radius 2 is 1.58 bits per heavy atom. The molecule has 4 rings (SSSR count). The zero-order valence-corrected chi connectivity index (χ0v) is 17.5. The van der Waals surface area contributed by atoms with Crippen molar-refractivity contribution in [1.29, 1.82) is 0 Å². The number of aryl methyl sites for hydroxylation is 1. The van der Waals surface area contributed by atoms with Crippen molar-refractivity contribution < 1.29 is 19.0 Å². The van der Waals surface area contributed by atoms with Crippen molar-refractivity contribution in [2.45, 2.75) is 6.92 Å². The van der Waals surface area contributed by atoms with Gasteiger partial charge in [0.05, 0.1) is 23.9 Å². The lowest BCUT2D eigenvalue weighted by molar-refractivity contribution is 0.0452. The Labute approximate surface area is 181 Å². The molecule has 156 valence electrons. The van der Waals surface area contributed by atoms with Crippen LogP contribution in [0.1, 0.15) is 15.9 Å². The van der Waals surface area contributed by atoms with Crippen LogP contribution >= 0.6 is 0 Å². The molecule has 4 aromatic rings. The van der Waals surface area contributed by atoms with Crippen molar-refractivity contribution in [2.24, 2.45) is 0 Å². The average Bonchev–Trinajstić information content (AvgIpc) is 2.82. The Hall–Kier alpha value is -3.86. The topological polar surface area (TPSA) is 57.7 Å². The molecule has 0 aliphatic heterocycles. The van der Waals surface area contributed by atoms with Gasteiger partial charge in [-0.3, -0.25) is 0 Å². The van der Waals surface area contributed by atoms with E-state index in [1.54, 1.807) is 13.2 Å². The predicted octanol–water partition coefficient (Wildman–Crippen LogP) is 5.45. The molecule has 5 nitrogen and oxygen atoms in total. The van der Waals surface area contributed by atoms with Crippen LogP contribution in [0.2, 0.25) is 0 Å². The Balaban J connectivity index is 1.49. The van der Waals surface area contributed by atoms with Crippen molar-refractivity contribution in [3.05, 3.63) is 90.0 Å². The summed E-state index contributed by atoms with van der Waals surface area (Å²) in [6.45, 7) is 2.43. The number of pyridine rings is 1. The number of carbonyl (C=O) groups is 1. The number of ether oxygens (including phenoxy) is 3. The number of hydrogen-bond donors (Lipinski definition) is 0. The van der Waals surface area contributed by atoms with E-state index < -0.39 is 5.97 Å². The second kappa shape index (κ2) is 9.30. The lowest BCUT2D eigenvalue weighted by Gasteiger charge is -2.11. The van der Waals surface area contributed by atoms with Gasteiger partial charge in [-0.05, 0) is 43.3 Å². The maximum atomic E-state index is 12.9. The van der Waals surface area contributed by atoms with Crippen LogP contribution in [0.5, 0.6) is 11.5 Å². The van der Waals surface area contributed by atoms with E-state index in [4.69, 9.17) is 19.2 Å². The minimum Gasteiger partial charge on any atom is -0.497 e. The van der Waals surface area contributed by atoms with Gasteiger partial charge in [-0.2, -0.15) is 0 Å². The van der Waals surface area contributed by atoms with E-state index in [1.807, 2.05) is 79.7 Å². The molecular weight excluding hydrogens is 390 g/mol. The highest BCUT2D eigenvalue weighted by atomic mass is 16.6. The molecule has 1 aromatic heterocycles. The summed E-state index contributed by atoms with van der Waals surface area (Å²) < 4.78 is 16.3. The van der Waals surface area contributed by atoms with E-state index >= 15 is 0 Å². The molecule has 1 heterocycles. The van der Waals surface area contributed by atoms with Crippen LogP contribution in [0.25, 0.3) is 22.2 Å². The summed E-state index contributed by atoms with van der Waals surface area (Å²) in [4.78, 5) is 17.6. The van der Waals surface area contributed by atoms with E-state index in [2.05, 4.69) is 0 Å². The number of rotatable bonds is 7. The molecule has 0 radical (unpaired) electrons. The quantitative estimate of drug-likeness (QED) is 0.298. The van der Waals surface area contributed by atoms with E-state index in [1.165, 1.54) is 5.56 Å². The van der Waals surface area contributed by atoms with Gasteiger partial charge in [0.1, 0.15) is 24.7 Å². The molecule has 0 saturated carbocycles. The average molecular weight is 413 g/mol. The minimum absolute atomic E-state index is 0.140. The summed E-state index contributed by atoms with van der Waals surface area (Å²) in [6, 6.07) is 24.7. The van der Waals surface area contributed by atoms with Crippen LogP contribution < -0.4 is 9.47 Å². The summed E-state index contributed by atoms with van der Waals surface area (Å²) in [5, 5.41) is 0.763. The molecule has 0 fully saturated rings. The molecule has 0 aliphatic rings. The van der Waals surface area contributed by atoms with Crippen molar-refractivity contribution >= 4 is 16.9 Å². The number of nitrogens with zero attached hydrogens (tertiary/aromatic N) is 1. The summed E-state index contributed by atoms with van der Waals surface area (Å²) in [5.41, 5.74) is 4.10. The van der Waals surface area contributed by atoms with E-state index in [0.29, 0.717) is 11.3 Å². The van der Waals surface area contributed by atoms with Crippen molar-refractivity contribution in [3.63, 3.8) is 0 Å². The van der Waals surface area contributed by atoms with Gasteiger partial charge in [-0.1, -0.05) is 48.0 Å². The largest absolute Gasteiger partial charge is 0.497 e. The summed E-state index contributed by atoms with van der Waals surface area (Å²) in [6.07, 6.45) is 0. The number of esters is 1. The summed E-state index contributed by atoms with van der Waals surface area (Å²) in [5.74, 6) is 1.05. The molecule has 0 bridgehead atoms. The van der Waals surface area contributed by atoms with Crippen molar-refractivity contribution in [2.75, 3.05) is 20.3 Å². The van der Waals surface area contributed by atoms with E-state index in [-0.39, 0.29) is 13.2 Å². The Bertz CT molecular complexity index is 1180.